The van der Waals surface area contributed by atoms with Crippen molar-refractivity contribution >= 4 is 40.6 Å². The Hall–Kier alpha value is -2.80. The highest BCUT2D eigenvalue weighted by molar-refractivity contribution is 6.33. The van der Waals surface area contributed by atoms with Gasteiger partial charge in [-0.1, -0.05) is 30.9 Å². The Bertz CT molecular complexity index is 1220. The second-order valence-electron chi connectivity index (χ2n) is 10.1. The first-order valence-corrected chi connectivity index (χ1v) is 12.8. The van der Waals surface area contributed by atoms with Crippen molar-refractivity contribution in [1.82, 2.24) is 10.3 Å². The number of rotatable bonds is 4. The Balaban J connectivity index is 1.40. The van der Waals surface area contributed by atoms with E-state index in [2.05, 4.69) is 20.6 Å². The molecule has 2 saturated carbocycles. The van der Waals surface area contributed by atoms with Gasteiger partial charge in [0.25, 0.3) is 0 Å². The average Bonchev–Trinajstić information content (AvgIpc) is 3.42. The molecule has 1 aromatic heterocycles. The molecule has 184 valence electrons. The predicted octanol–water partition coefficient (Wildman–Crippen LogP) is 6.09. The Morgan fingerprint density at radius 1 is 1.14 bits per heavy atom. The van der Waals surface area contributed by atoms with Crippen LogP contribution >= 0.6 is 11.6 Å². The molecule has 3 aliphatic rings. The standard InChI is InChI=1S/C27H30ClFN4O2/c1-15-27(8-3-4-9-27)21-11-18(12-23(29)25(21)31-15)20-13-24(30-14-22(20)28)33-26(35)17-6-5-7-19(10-17)32-16(2)34/h11-14,17,19H,3-10H2,1-2H3,(H,32,34)(H,30,33,35)/t17?,19-/m1/s1. The number of amides is 2. The van der Waals surface area contributed by atoms with E-state index in [1.807, 2.05) is 13.0 Å². The van der Waals surface area contributed by atoms with E-state index in [-0.39, 0.29) is 35.0 Å². The van der Waals surface area contributed by atoms with Crippen LogP contribution in [-0.2, 0) is 15.0 Å². The van der Waals surface area contributed by atoms with Crippen LogP contribution < -0.4 is 10.6 Å². The Morgan fingerprint density at radius 3 is 2.66 bits per heavy atom. The zero-order valence-corrected chi connectivity index (χ0v) is 20.8. The van der Waals surface area contributed by atoms with Gasteiger partial charge in [-0.05, 0) is 68.4 Å². The van der Waals surface area contributed by atoms with Gasteiger partial charge in [-0.15, -0.1) is 0 Å². The summed E-state index contributed by atoms with van der Waals surface area (Å²) in [6.45, 7) is 3.49. The Kier molecular flexibility index (Phi) is 6.38. The summed E-state index contributed by atoms with van der Waals surface area (Å²) in [6.07, 6.45) is 8.77. The predicted molar refractivity (Wildman–Crippen MR) is 136 cm³/mol. The first-order valence-electron chi connectivity index (χ1n) is 12.4. The highest BCUT2D eigenvalue weighted by atomic mass is 35.5. The van der Waals surface area contributed by atoms with E-state index in [1.54, 1.807) is 6.07 Å². The number of pyridine rings is 1. The van der Waals surface area contributed by atoms with E-state index in [0.29, 0.717) is 34.1 Å². The molecule has 1 aliphatic heterocycles. The lowest BCUT2D eigenvalue weighted by Crippen LogP contribution is -2.40. The number of carbonyl (C=O) groups is 2. The SMILES string of the molecule is CC(=O)N[C@@H]1CCCC(C(=O)Nc2cc(-c3cc(F)c4c(c3)C3(CCCC3)C(C)=N4)c(Cl)cn2)C1. The maximum absolute atomic E-state index is 15.2. The molecule has 2 aliphatic carbocycles. The van der Waals surface area contributed by atoms with Gasteiger partial charge in [0.15, 0.2) is 0 Å². The molecule has 0 bridgehead atoms. The molecule has 5 rings (SSSR count). The number of hydrogen-bond acceptors (Lipinski definition) is 4. The monoisotopic (exact) mass is 496 g/mol. The zero-order chi connectivity index (χ0) is 24.7. The Labute approximate surface area is 209 Å². The molecule has 1 aromatic carbocycles. The highest BCUT2D eigenvalue weighted by Crippen LogP contribution is 2.52. The smallest absolute Gasteiger partial charge is 0.228 e. The van der Waals surface area contributed by atoms with Crippen LogP contribution in [0.15, 0.2) is 29.4 Å². The highest BCUT2D eigenvalue weighted by Gasteiger charge is 2.44. The topological polar surface area (TPSA) is 83.5 Å². The number of anilines is 1. The summed E-state index contributed by atoms with van der Waals surface area (Å²) in [6, 6.07) is 5.19. The maximum Gasteiger partial charge on any atom is 0.228 e. The van der Waals surface area contributed by atoms with Crippen molar-refractivity contribution in [3.05, 3.63) is 40.8 Å². The number of halogens is 2. The molecule has 2 atom stereocenters. The molecule has 2 heterocycles. The number of benzene rings is 1. The van der Waals surface area contributed by atoms with E-state index in [0.717, 1.165) is 56.2 Å². The van der Waals surface area contributed by atoms with Gasteiger partial charge in [0.2, 0.25) is 11.8 Å². The molecule has 2 aromatic rings. The van der Waals surface area contributed by atoms with Crippen LogP contribution in [0.2, 0.25) is 5.02 Å². The summed E-state index contributed by atoms with van der Waals surface area (Å²) in [4.78, 5) is 33.3. The summed E-state index contributed by atoms with van der Waals surface area (Å²) in [5, 5.41) is 6.22. The van der Waals surface area contributed by atoms with Gasteiger partial charge in [0.1, 0.15) is 17.3 Å². The molecule has 8 heteroatoms. The summed E-state index contributed by atoms with van der Waals surface area (Å²) in [7, 11) is 0. The third-order valence-electron chi connectivity index (χ3n) is 7.88. The van der Waals surface area contributed by atoms with Gasteiger partial charge in [0, 0.05) is 41.8 Å². The van der Waals surface area contributed by atoms with E-state index in [1.165, 1.54) is 19.2 Å². The third kappa shape index (κ3) is 4.46. The number of nitrogens with one attached hydrogen (secondary N) is 2. The molecule has 1 unspecified atom stereocenters. The van der Waals surface area contributed by atoms with Crippen molar-refractivity contribution in [2.75, 3.05) is 5.32 Å². The van der Waals surface area contributed by atoms with Crippen molar-refractivity contribution in [1.29, 1.82) is 0 Å². The van der Waals surface area contributed by atoms with Gasteiger partial charge in [0.05, 0.1) is 5.02 Å². The molecule has 35 heavy (non-hydrogen) atoms. The van der Waals surface area contributed by atoms with Crippen molar-refractivity contribution in [3.63, 3.8) is 0 Å². The average molecular weight is 497 g/mol. The molecule has 0 saturated heterocycles. The number of nitrogens with zero attached hydrogens (tertiary/aromatic N) is 2. The summed E-state index contributed by atoms with van der Waals surface area (Å²) >= 11 is 6.50. The van der Waals surface area contributed by atoms with Gasteiger partial charge in [-0.25, -0.2) is 9.37 Å². The summed E-state index contributed by atoms with van der Waals surface area (Å²) in [5.74, 6) is -0.400. The first kappa shape index (κ1) is 23.9. The van der Waals surface area contributed by atoms with Crippen molar-refractivity contribution < 1.29 is 14.0 Å². The number of carbonyl (C=O) groups excluding carboxylic acids is 2. The van der Waals surface area contributed by atoms with Crippen LogP contribution in [0.25, 0.3) is 11.1 Å². The number of aliphatic imine (C=N–C) groups is 1. The van der Waals surface area contributed by atoms with Crippen LogP contribution in [0.3, 0.4) is 0 Å². The normalized spacial score (nSPS) is 22.6. The first-order chi connectivity index (χ1) is 16.8. The van der Waals surface area contributed by atoms with Crippen LogP contribution in [0.1, 0.15) is 70.8 Å². The molecular weight excluding hydrogens is 467 g/mol. The lowest BCUT2D eigenvalue weighted by atomic mass is 9.76. The zero-order valence-electron chi connectivity index (χ0n) is 20.1. The second-order valence-corrected chi connectivity index (χ2v) is 10.5. The van der Waals surface area contributed by atoms with Gasteiger partial charge in [-0.2, -0.15) is 0 Å². The van der Waals surface area contributed by atoms with Gasteiger partial charge < -0.3 is 10.6 Å². The van der Waals surface area contributed by atoms with Crippen molar-refractivity contribution in [2.24, 2.45) is 10.9 Å². The molecular formula is C27H30ClFN4O2. The fourth-order valence-corrected chi connectivity index (χ4v) is 6.33. The van der Waals surface area contributed by atoms with Crippen LogP contribution in [0, 0.1) is 11.7 Å². The van der Waals surface area contributed by atoms with E-state index in [9.17, 15) is 9.59 Å². The quantitative estimate of drug-likeness (QED) is 0.537. The van der Waals surface area contributed by atoms with Crippen molar-refractivity contribution in [2.45, 2.75) is 76.7 Å². The Morgan fingerprint density at radius 2 is 1.91 bits per heavy atom. The lowest BCUT2D eigenvalue weighted by Gasteiger charge is -2.28. The molecule has 2 fully saturated rings. The summed E-state index contributed by atoms with van der Waals surface area (Å²) < 4.78 is 15.2. The van der Waals surface area contributed by atoms with Crippen LogP contribution in [0.4, 0.5) is 15.9 Å². The minimum absolute atomic E-state index is 0.00807. The van der Waals surface area contributed by atoms with Gasteiger partial charge >= 0.3 is 0 Å². The second kappa shape index (κ2) is 9.34. The van der Waals surface area contributed by atoms with E-state index >= 15 is 4.39 Å². The van der Waals surface area contributed by atoms with Crippen LogP contribution in [-0.4, -0.2) is 28.6 Å². The molecule has 6 nitrogen and oxygen atoms in total. The minimum atomic E-state index is -0.356. The largest absolute Gasteiger partial charge is 0.354 e. The maximum atomic E-state index is 15.2. The molecule has 1 spiro atoms. The van der Waals surface area contributed by atoms with Crippen LogP contribution in [0.5, 0.6) is 0 Å². The molecule has 2 N–H and O–H groups in total. The number of hydrogen-bond donors (Lipinski definition) is 2. The van der Waals surface area contributed by atoms with Crippen molar-refractivity contribution in [3.8, 4) is 11.1 Å². The number of fused-ring (bicyclic) bond motifs is 2. The van der Waals surface area contributed by atoms with E-state index in [4.69, 9.17) is 11.6 Å². The number of aromatic nitrogens is 1. The third-order valence-corrected chi connectivity index (χ3v) is 8.18. The molecule has 2 amide bonds. The fourth-order valence-electron chi connectivity index (χ4n) is 6.12. The van der Waals surface area contributed by atoms with E-state index < -0.39 is 0 Å². The summed E-state index contributed by atoms with van der Waals surface area (Å²) in [5.41, 5.74) is 3.46. The fraction of sp³-hybridized carbons (Fsp3) is 0.481. The molecule has 0 radical (unpaired) electrons. The van der Waals surface area contributed by atoms with Gasteiger partial charge in [-0.3, -0.25) is 14.6 Å². The lowest BCUT2D eigenvalue weighted by molar-refractivity contribution is -0.123. The minimum Gasteiger partial charge on any atom is -0.354 e.